The minimum atomic E-state index is 0. The summed E-state index contributed by atoms with van der Waals surface area (Å²) in [6.07, 6.45) is 6.96. The summed E-state index contributed by atoms with van der Waals surface area (Å²) < 4.78 is 2.58. The normalized spacial score (nSPS) is 15.7. The molecule has 5 rings (SSSR count). The molecule has 1 fully saturated rings. The van der Waals surface area contributed by atoms with E-state index in [9.17, 15) is 0 Å². The highest BCUT2D eigenvalue weighted by Gasteiger charge is 2.24. The standard InChI is InChI=1S/C22H22N2.BrH/c1-2-8-16(9-3-1)15-24-21-13-7-4-10-17(21)14-20-22(24)18-11-5-6-12-19(18)23-20;/h4-7,10-14,16H,1-3,8-9,15H2;1H. The van der Waals surface area contributed by atoms with Crippen LogP contribution in [0.1, 0.15) is 32.1 Å². The van der Waals surface area contributed by atoms with Crippen LogP contribution in [0.2, 0.25) is 0 Å². The molecule has 0 aliphatic heterocycles. The quantitative estimate of drug-likeness (QED) is 0.503. The lowest BCUT2D eigenvalue weighted by molar-refractivity contribution is -0.652. The van der Waals surface area contributed by atoms with Gasteiger partial charge in [-0.3, -0.25) is 0 Å². The zero-order valence-electron chi connectivity index (χ0n) is 14.3. The number of hydrogen-bond acceptors (Lipinski definition) is 0. The van der Waals surface area contributed by atoms with Crippen LogP contribution in [0.5, 0.6) is 0 Å². The smallest absolute Gasteiger partial charge is 0.238 e. The molecular formula is C22H23BrN2. The Kier molecular flexibility index (Phi) is 4.51. The molecule has 1 aliphatic carbocycles. The van der Waals surface area contributed by atoms with Gasteiger partial charge in [0.2, 0.25) is 11.0 Å². The molecule has 128 valence electrons. The van der Waals surface area contributed by atoms with E-state index in [0.29, 0.717) is 0 Å². The number of benzene rings is 2. The van der Waals surface area contributed by atoms with Gasteiger partial charge in [0, 0.05) is 17.4 Å². The van der Waals surface area contributed by atoms with Gasteiger partial charge in [0.25, 0.3) is 0 Å². The van der Waals surface area contributed by atoms with E-state index in [1.54, 1.807) is 0 Å². The lowest BCUT2D eigenvalue weighted by atomic mass is 9.89. The van der Waals surface area contributed by atoms with Crippen LogP contribution in [-0.4, -0.2) is 4.98 Å². The fraction of sp³-hybridized carbons (Fsp3) is 0.318. The van der Waals surface area contributed by atoms with Crippen molar-refractivity contribution in [2.24, 2.45) is 5.92 Å². The molecule has 25 heavy (non-hydrogen) atoms. The molecule has 0 bridgehead atoms. The predicted octanol–water partition coefficient (Wildman–Crippen LogP) is 2.35. The molecule has 2 nitrogen and oxygen atoms in total. The second-order valence-corrected chi connectivity index (χ2v) is 7.25. The SMILES string of the molecule is [Br-].c1ccc2c(c1)cc1[nH]c3ccccc3c1[n+]2CC1CCCCC1. The molecule has 0 atom stereocenters. The largest absolute Gasteiger partial charge is 1.00 e. The Bertz CT molecular complexity index is 1030. The van der Waals surface area contributed by atoms with Crippen molar-refractivity contribution in [2.45, 2.75) is 38.6 Å². The zero-order valence-corrected chi connectivity index (χ0v) is 15.9. The van der Waals surface area contributed by atoms with E-state index >= 15 is 0 Å². The molecule has 2 aromatic carbocycles. The van der Waals surface area contributed by atoms with Crippen molar-refractivity contribution in [3.05, 3.63) is 54.6 Å². The third kappa shape index (κ3) is 2.85. The number of pyridine rings is 1. The summed E-state index contributed by atoms with van der Waals surface area (Å²) in [5, 5.41) is 2.67. The number of H-pyrrole nitrogens is 1. The number of halogens is 1. The van der Waals surface area contributed by atoms with Crippen LogP contribution in [0.15, 0.2) is 54.6 Å². The van der Waals surface area contributed by atoms with Gasteiger partial charge >= 0.3 is 0 Å². The van der Waals surface area contributed by atoms with Crippen molar-refractivity contribution >= 4 is 32.8 Å². The van der Waals surface area contributed by atoms with Gasteiger partial charge in [-0.05, 0) is 37.1 Å². The van der Waals surface area contributed by atoms with E-state index in [0.717, 1.165) is 12.5 Å². The number of aromatic nitrogens is 2. The Morgan fingerprint density at radius 2 is 1.64 bits per heavy atom. The highest BCUT2D eigenvalue weighted by molar-refractivity contribution is 6.05. The predicted molar refractivity (Wildman–Crippen MR) is 100 cm³/mol. The van der Waals surface area contributed by atoms with Crippen molar-refractivity contribution in [2.75, 3.05) is 0 Å². The topological polar surface area (TPSA) is 19.7 Å². The van der Waals surface area contributed by atoms with Gasteiger partial charge in [0.15, 0.2) is 6.54 Å². The maximum Gasteiger partial charge on any atom is 0.238 e. The summed E-state index contributed by atoms with van der Waals surface area (Å²) in [6, 6.07) is 19.8. The molecular weight excluding hydrogens is 372 g/mol. The Morgan fingerprint density at radius 3 is 2.52 bits per heavy atom. The molecule has 4 aromatic rings. The Labute approximate surface area is 158 Å². The number of hydrogen-bond donors (Lipinski definition) is 1. The average molecular weight is 395 g/mol. The first kappa shape index (κ1) is 16.6. The third-order valence-corrected chi connectivity index (χ3v) is 5.67. The molecule has 0 unspecified atom stereocenters. The monoisotopic (exact) mass is 394 g/mol. The molecule has 0 spiro atoms. The molecule has 3 heteroatoms. The molecule has 1 saturated carbocycles. The summed E-state index contributed by atoms with van der Waals surface area (Å²) in [5.41, 5.74) is 5.22. The van der Waals surface area contributed by atoms with E-state index in [-0.39, 0.29) is 17.0 Å². The minimum Gasteiger partial charge on any atom is -1.00 e. The van der Waals surface area contributed by atoms with E-state index < -0.39 is 0 Å². The van der Waals surface area contributed by atoms with Crippen LogP contribution in [-0.2, 0) is 6.54 Å². The van der Waals surface area contributed by atoms with Crippen LogP contribution in [0, 0.1) is 5.92 Å². The van der Waals surface area contributed by atoms with Gasteiger partial charge < -0.3 is 22.0 Å². The van der Waals surface area contributed by atoms with Crippen LogP contribution >= 0.6 is 0 Å². The molecule has 0 saturated heterocycles. The van der Waals surface area contributed by atoms with Crippen molar-refractivity contribution in [1.29, 1.82) is 0 Å². The van der Waals surface area contributed by atoms with Gasteiger partial charge in [-0.2, -0.15) is 4.57 Å². The van der Waals surface area contributed by atoms with Crippen LogP contribution in [0.25, 0.3) is 32.8 Å². The van der Waals surface area contributed by atoms with E-state index in [1.165, 1.54) is 64.9 Å². The molecule has 0 radical (unpaired) electrons. The summed E-state index contributed by atoms with van der Waals surface area (Å²) in [4.78, 5) is 3.63. The van der Waals surface area contributed by atoms with Crippen LogP contribution in [0.3, 0.4) is 0 Å². The highest BCUT2D eigenvalue weighted by Crippen LogP contribution is 2.28. The first-order chi connectivity index (χ1) is 11.9. The number of aromatic amines is 1. The fourth-order valence-corrected chi connectivity index (χ4v) is 4.49. The van der Waals surface area contributed by atoms with Crippen LogP contribution in [0.4, 0.5) is 0 Å². The van der Waals surface area contributed by atoms with Crippen molar-refractivity contribution in [1.82, 2.24) is 4.98 Å². The van der Waals surface area contributed by atoms with Gasteiger partial charge in [-0.1, -0.05) is 43.5 Å². The maximum absolute atomic E-state index is 3.63. The first-order valence-electron chi connectivity index (χ1n) is 9.22. The van der Waals surface area contributed by atoms with E-state index in [4.69, 9.17) is 0 Å². The van der Waals surface area contributed by atoms with Crippen LogP contribution < -0.4 is 21.5 Å². The second kappa shape index (κ2) is 6.80. The Balaban J connectivity index is 0.00000157. The fourth-order valence-electron chi connectivity index (χ4n) is 4.49. The first-order valence-corrected chi connectivity index (χ1v) is 9.22. The molecule has 1 aliphatic rings. The van der Waals surface area contributed by atoms with Gasteiger partial charge in [0.05, 0.1) is 10.9 Å². The molecule has 2 heterocycles. The number of rotatable bonds is 2. The maximum atomic E-state index is 3.63. The van der Waals surface area contributed by atoms with E-state index in [1.807, 2.05) is 0 Å². The van der Waals surface area contributed by atoms with E-state index in [2.05, 4.69) is 64.1 Å². The average Bonchev–Trinajstić information content (AvgIpc) is 3.00. The summed E-state index contributed by atoms with van der Waals surface area (Å²) in [5.74, 6) is 0.811. The number of fused-ring (bicyclic) bond motifs is 4. The zero-order chi connectivity index (χ0) is 15.9. The van der Waals surface area contributed by atoms with Gasteiger partial charge in [-0.25, -0.2) is 0 Å². The summed E-state index contributed by atoms with van der Waals surface area (Å²) in [7, 11) is 0. The lowest BCUT2D eigenvalue weighted by Gasteiger charge is -2.19. The van der Waals surface area contributed by atoms with Gasteiger partial charge in [0.1, 0.15) is 5.52 Å². The summed E-state index contributed by atoms with van der Waals surface area (Å²) >= 11 is 0. The Hall–Kier alpha value is -1.87. The van der Waals surface area contributed by atoms with Crippen molar-refractivity contribution in [3.63, 3.8) is 0 Å². The summed E-state index contributed by atoms with van der Waals surface area (Å²) in [6.45, 7) is 1.14. The molecule has 1 N–H and O–H groups in total. The second-order valence-electron chi connectivity index (χ2n) is 7.25. The number of para-hydroxylation sites is 2. The van der Waals surface area contributed by atoms with Crippen molar-refractivity contribution < 1.29 is 21.5 Å². The molecule has 2 aromatic heterocycles. The Morgan fingerprint density at radius 1 is 0.880 bits per heavy atom. The third-order valence-electron chi connectivity index (χ3n) is 5.67. The number of nitrogens with zero attached hydrogens (tertiary/aromatic N) is 1. The highest BCUT2D eigenvalue weighted by atomic mass is 79.9. The minimum absolute atomic E-state index is 0. The molecule has 0 amide bonds. The van der Waals surface area contributed by atoms with Gasteiger partial charge in [-0.15, -0.1) is 0 Å². The number of nitrogens with one attached hydrogen (secondary N) is 1. The van der Waals surface area contributed by atoms with Crippen molar-refractivity contribution in [3.8, 4) is 0 Å². The lowest BCUT2D eigenvalue weighted by Crippen LogP contribution is -3.00.